The highest BCUT2D eigenvalue weighted by Crippen LogP contribution is 2.37. The van der Waals surface area contributed by atoms with Gasteiger partial charge in [0, 0.05) is 30.6 Å². The van der Waals surface area contributed by atoms with Crippen molar-refractivity contribution in [2.45, 2.75) is 57.0 Å². The fraction of sp³-hybridized carbons (Fsp3) is 0.107. The molecular formula is C84H82F11N7. The molecule has 5 unspecified atom stereocenters. The Labute approximate surface area is 591 Å². The first-order valence-corrected chi connectivity index (χ1v) is 29.2. The molecule has 0 spiro atoms. The van der Waals surface area contributed by atoms with Gasteiger partial charge < -0.3 is 9.69 Å². The summed E-state index contributed by atoms with van der Waals surface area (Å²) < 4.78 is 0. The quantitative estimate of drug-likeness (QED) is 0.0949. The Hall–Kier alpha value is -13.2. The summed E-state index contributed by atoms with van der Waals surface area (Å²) >= 11 is 0. The molecule has 18 heteroatoms. The van der Waals surface area contributed by atoms with E-state index in [0.29, 0.717) is 11.3 Å². The van der Waals surface area contributed by atoms with Crippen LogP contribution in [0.25, 0.3) is 25.8 Å². The average Bonchev–Trinajstić information content (AvgIpc) is 0.782. The Morgan fingerprint density at radius 3 is 1.03 bits per heavy atom. The van der Waals surface area contributed by atoms with Crippen molar-refractivity contribution in [3.8, 4) is 24.3 Å². The summed E-state index contributed by atoms with van der Waals surface area (Å²) in [6, 6.07) is 112. The lowest BCUT2D eigenvalue weighted by molar-refractivity contribution is 0.709. The molecule has 0 saturated carbocycles. The van der Waals surface area contributed by atoms with Crippen LogP contribution in [0.5, 0.6) is 0 Å². The number of halogens is 11. The highest BCUT2D eigenvalue weighted by molar-refractivity contribution is 5.76. The zero-order valence-corrected chi connectivity index (χ0v) is 55.0. The zero-order valence-electron chi connectivity index (χ0n) is 55.0. The summed E-state index contributed by atoms with van der Waals surface area (Å²) in [6.07, 6.45) is 0. The van der Waals surface area contributed by atoms with Crippen LogP contribution in [0.4, 0.5) is 51.7 Å². The molecule has 11 rings (SSSR count). The third kappa shape index (κ3) is 26.7. The number of benzene rings is 11. The molecule has 0 fully saturated rings. The third-order valence-corrected chi connectivity index (χ3v) is 15.2. The molecule has 102 heavy (non-hydrogen) atoms. The highest BCUT2D eigenvalue weighted by Gasteiger charge is 2.36. The van der Waals surface area contributed by atoms with Gasteiger partial charge in [-0.15, -0.1) is 0 Å². The van der Waals surface area contributed by atoms with Gasteiger partial charge in [-0.25, -0.2) is 18.0 Å². The topological polar surface area (TPSA) is 108 Å². The fourth-order valence-electron chi connectivity index (χ4n) is 9.88. The van der Waals surface area contributed by atoms with Crippen molar-refractivity contribution in [1.82, 2.24) is 0 Å². The van der Waals surface area contributed by atoms with E-state index in [4.69, 9.17) is 25.0 Å². The Morgan fingerprint density at radius 2 is 0.657 bits per heavy atom. The number of rotatable bonds is 11. The maximum Gasteiger partial charge on any atom is 0.279 e. The van der Waals surface area contributed by atoms with Gasteiger partial charge >= 0.3 is 0 Å². The van der Waals surface area contributed by atoms with E-state index in [2.05, 4.69) is 38.8 Å². The predicted octanol–water partition coefficient (Wildman–Crippen LogP) is 21.1. The molecular weight excluding hydrogens is 1320 g/mol. The molecule has 11 aromatic rings. The number of hydrogen-bond donors (Lipinski definition) is 0. The van der Waals surface area contributed by atoms with Gasteiger partial charge in [0.05, 0.1) is 42.2 Å². The van der Waals surface area contributed by atoms with Crippen LogP contribution in [0.1, 0.15) is 109 Å². The molecule has 0 aliphatic rings. The predicted molar refractivity (Wildman–Crippen MR) is 399 cm³/mol. The Bertz CT molecular complexity index is 4200. The zero-order chi connectivity index (χ0) is 63.8. The molecule has 0 aliphatic heterocycles. The lowest BCUT2D eigenvalue weighted by Crippen LogP contribution is -2.22. The molecule has 0 saturated heterocycles. The summed E-state index contributed by atoms with van der Waals surface area (Å²) in [7, 11) is 0. The second kappa shape index (κ2) is 52.0. The van der Waals surface area contributed by atoms with E-state index >= 15 is 0 Å². The van der Waals surface area contributed by atoms with Crippen LogP contribution in [0.2, 0.25) is 0 Å². The highest BCUT2D eigenvalue weighted by atomic mass is 19.0. The van der Waals surface area contributed by atoms with Crippen molar-refractivity contribution >= 4 is 11.3 Å². The van der Waals surface area contributed by atoms with E-state index in [-0.39, 0.29) is 78.5 Å². The summed E-state index contributed by atoms with van der Waals surface area (Å²) in [5.41, 5.74) is 10.3. The molecule has 0 heterocycles. The minimum atomic E-state index is -0.740. The van der Waals surface area contributed by atoms with E-state index in [1.54, 1.807) is 0 Å². The van der Waals surface area contributed by atoms with Crippen molar-refractivity contribution in [2.75, 3.05) is 0 Å². The van der Waals surface area contributed by atoms with Crippen molar-refractivity contribution in [3.63, 3.8) is 0 Å². The molecule has 0 aromatic heterocycles. The lowest BCUT2D eigenvalue weighted by Gasteiger charge is -2.24. The van der Waals surface area contributed by atoms with E-state index in [0.717, 1.165) is 71.6 Å². The van der Waals surface area contributed by atoms with E-state index in [9.17, 15) is 15.8 Å². The molecule has 0 amide bonds. The maximum atomic E-state index is 9.85. The van der Waals surface area contributed by atoms with Crippen LogP contribution >= 0.6 is 0 Å². The minimum Gasteiger partial charge on any atom is -0.303 e. The summed E-state index contributed by atoms with van der Waals surface area (Å²) in [5.74, 6) is -0.274. The van der Waals surface area contributed by atoms with Crippen molar-refractivity contribution in [2.24, 2.45) is 0 Å². The number of nitriles is 4. The normalized spacial score (nSPS) is 10.7. The van der Waals surface area contributed by atoms with Gasteiger partial charge in [-0.2, -0.15) is 21.0 Å². The van der Waals surface area contributed by atoms with Crippen LogP contribution in [0, 0.1) is 65.0 Å². The van der Waals surface area contributed by atoms with Crippen LogP contribution in [-0.2, 0) is 11.0 Å². The first kappa shape index (κ1) is 99.9. The summed E-state index contributed by atoms with van der Waals surface area (Å²) in [6.45, 7) is 28.5. The fourth-order valence-corrected chi connectivity index (χ4v) is 9.88. The molecule has 0 radical (unpaired) electrons. The van der Waals surface area contributed by atoms with Crippen molar-refractivity contribution < 1.29 is 53.2 Å². The van der Waals surface area contributed by atoms with Gasteiger partial charge in [0.1, 0.15) is 11.5 Å². The first-order chi connectivity index (χ1) is 44.0. The SMILES string of the molecule is C.CC(C#N)c1ccccc1.F.F.F.F.F.F.F.F.F.F.F.[3HH].[C-]#[N+]C(C)(c1ccccc1)c1ccc(C(C)(C#N)c2ccccc2)cc1.[C-]#[N+]C(c1ccccc1)=c1ccc(=C(C#N)c2ccccc2)cc1.[C-]#[N+]C(c1ccccc1)c1ccc(C(C#N)c2ccccc2)cc1.c1ccccc1. The van der Waals surface area contributed by atoms with E-state index < -0.39 is 11.0 Å². The first-order valence-electron chi connectivity index (χ1n) is 29.2. The molecule has 530 valence electrons. The Balaban J connectivity index is -0.000000229. The van der Waals surface area contributed by atoms with Gasteiger partial charge in [-0.05, 0) is 63.2 Å². The van der Waals surface area contributed by atoms with E-state index in [1.807, 2.05) is 342 Å². The van der Waals surface area contributed by atoms with Crippen LogP contribution in [0.3, 0.4) is 0 Å². The second-order valence-electron chi connectivity index (χ2n) is 21.0. The molecule has 5 atom stereocenters. The molecule has 11 aromatic carbocycles. The van der Waals surface area contributed by atoms with Crippen LogP contribution in [-0.4, -0.2) is 0 Å². The van der Waals surface area contributed by atoms with Gasteiger partial charge in [-0.3, -0.25) is 51.7 Å². The van der Waals surface area contributed by atoms with E-state index in [1.165, 1.54) is 0 Å². The largest absolute Gasteiger partial charge is 0.303 e. The summed E-state index contributed by atoms with van der Waals surface area (Å²) in [4.78, 5) is 11.4. The lowest BCUT2D eigenvalue weighted by atomic mass is 9.76. The van der Waals surface area contributed by atoms with Crippen LogP contribution in [0.15, 0.2) is 322 Å². The minimum absolute atomic E-state index is 0. The van der Waals surface area contributed by atoms with Gasteiger partial charge in [0.15, 0.2) is 0 Å². The smallest absolute Gasteiger partial charge is 0.279 e. The van der Waals surface area contributed by atoms with Crippen molar-refractivity contribution in [1.29, 1.82) is 21.0 Å². The molecule has 0 bridgehead atoms. The Morgan fingerprint density at radius 1 is 0.353 bits per heavy atom. The Kier molecular flexibility index (Phi) is 50.9. The molecule has 0 aliphatic carbocycles. The molecule has 7 nitrogen and oxygen atoms in total. The van der Waals surface area contributed by atoms with Crippen molar-refractivity contribution in [3.05, 3.63) is 427 Å². The maximum absolute atomic E-state index is 9.85. The standard InChI is InChI=1S/C24H20N2.C22H16N2.C22H14N2.C9H9N.C6H6.CH4.11FH.H2/c1-23(18-25,19-10-6-4-7-11-19)20-14-16-22(17-15-20)24(2,26-3)21-12-8-5-9-13-21;2*1-24-22(19-10-6-3-7-11-19)20-14-12-18(13-15-20)21(16-23)17-8-4-2-5-9-17;1-8(7-10)9-5-3-2-4-6-9;1-2-4-6-5-3-1;;;;;;;;;;;;;/h4-17H,1-2H3;2-15,21-22H;2-15H;2-6,8H,1H3;1-6H;1H4;12*1H/i;;;;;;;;;;;;;;;;;1+2. The summed E-state index contributed by atoms with van der Waals surface area (Å²) in [5, 5.41) is 39.1. The second-order valence-corrected chi connectivity index (χ2v) is 21.0. The monoisotopic (exact) mass is 1400 g/mol. The van der Waals surface area contributed by atoms with Crippen LogP contribution < -0.4 is 10.4 Å². The van der Waals surface area contributed by atoms with Gasteiger partial charge in [0.25, 0.3) is 11.6 Å². The average molecular weight is 1400 g/mol. The van der Waals surface area contributed by atoms with Gasteiger partial charge in [-0.1, -0.05) is 329 Å². The molecule has 0 N–H and O–H groups in total. The third-order valence-electron chi connectivity index (χ3n) is 15.2. The number of hydrogen-bond acceptors (Lipinski definition) is 4. The number of nitrogens with zero attached hydrogens (tertiary/aromatic N) is 7. The van der Waals surface area contributed by atoms with Gasteiger partial charge in [0.2, 0.25) is 5.70 Å².